The second-order valence-corrected chi connectivity index (χ2v) is 6.85. The summed E-state index contributed by atoms with van der Waals surface area (Å²) < 4.78 is 0. The van der Waals surface area contributed by atoms with Gasteiger partial charge in [0.2, 0.25) is 0 Å². The van der Waals surface area contributed by atoms with Gasteiger partial charge in [-0.3, -0.25) is 4.79 Å². The molecule has 0 unspecified atom stereocenters. The number of H-pyrrole nitrogens is 2. The zero-order chi connectivity index (χ0) is 17.4. The van der Waals surface area contributed by atoms with Gasteiger partial charge in [-0.1, -0.05) is 11.6 Å². The molecular weight excluding hydrogens is 340 g/mol. The second kappa shape index (κ2) is 6.54. The molecule has 3 aromatic rings. The molecule has 0 spiro atoms. The summed E-state index contributed by atoms with van der Waals surface area (Å²) >= 11 is 6.35. The highest BCUT2D eigenvalue weighted by molar-refractivity contribution is 6.34. The normalized spacial score (nSPS) is 15.8. The van der Waals surface area contributed by atoms with Crippen molar-refractivity contribution in [1.82, 2.24) is 19.9 Å². The Hall–Kier alpha value is -2.31. The molecule has 1 fully saturated rings. The Morgan fingerprint density at radius 3 is 2.96 bits per heavy atom. The molecule has 0 bridgehead atoms. The number of nitrogens with one attached hydrogen (secondary N) is 2. The van der Waals surface area contributed by atoms with E-state index in [0.717, 1.165) is 35.0 Å². The van der Waals surface area contributed by atoms with Gasteiger partial charge in [-0.15, -0.1) is 0 Å². The highest BCUT2D eigenvalue weighted by Crippen LogP contribution is 2.34. The lowest BCUT2D eigenvalue weighted by molar-refractivity contribution is 0.0646. The minimum absolute atomic E-state index is 0. The van der Waals surface area contributed by atoms with Crippen LogP contribution in [0.1, 0.15) is 24.8 Å². The number of amides is 1. The lowest BCUT2D eigenvalue weighted by Crippen LogP contribution is -2.39. The lowest BCUT2D eigenvalue weighted by atomic mass is 9.97. The predicted octanol–water partition coefficient (Wildman–Crippen LogP) is 3.30. The third kappa shape index (κ3) is 2.92. The molecule has 0 radical (unpaired) electrons. The van der Waals surface area contributed by atoms with E-state index >= 15 is 0 Å². The van der Waals surface area contributed by atoms with Gasteiger partial charge in [-0.25, -0.2) is 4.98 Å². The van der Waals surface area contributed by atoms with Crippen LogP contribution < -0.4 is 0 Å². The van der Waals surface area contributed by atoms with Crippen molar-refractivity contribution in [1.29, 1.82) is 0 Å². The molecular formula is C18H21ClN4O2. The Balaban J connectivity index is 0.00000196. The largest absolute Gasteiger partial charge is 0.396 e. The maximum atomic E-state index is 12.7. The number of hydrogen-bond acceptors (Lipinski definition) is 3. The molecule has 1 amide bonds. The standard InChI is InChI=1S/C18H19ClN4O2.H2/c19-14-9-22-17-13(1-4-20-17)16(14)12-7-15(21-8-12)18(25)23-5-2-11(10-24)3-6-23;/h1,4,7-9,11,21,24H,2-3,5-6,10H2,(H,20,22);1H. The zero-order valence-corrected chi connectivity index (χ0v) is 14.4. The van der Waals surface area contributed by atoms with Crippen LogP contribution in [-0.4, -0.2) is 50.6 Å². The summed E-state index contributed by atoms with van der Waals surface area (Å²) in [6.45, 7) is 1.55. The molecule has 1 saturated heterocycles. The van der Waals surface area contributed by atoms with E-state index in [0.29, 0.717) is 29.7 Å². The van der Waals surface area contributed by atoms with E-state index in [1.807, 2.05) is 23.2 Å². The van der Waals surface area contributed by atoms with Crippen LogP contribution in [0.2, 0.25) is 5.02 Å². The summed E-state index contributed by atoms with van der Waals surface area (Å²) in [5, 5.41) is 10.7. The first-order valence-electron chi connectivity index (χ1n) is 8.38. The number of carbonyl (C=O) groups excluding carboxylic acids is 1. The van der Waals surface area contributed by atoms with Crippen LogP contribution in [0.5, 0.6) is 0 Å². The third-order valence-corrected chi connectivity index (χ3v) is 5.19. The van der Waals surface area contributed by atoms with Gasteiger partial charge < -0.3 is 20.0 Å². The number of piperidine rings is 1. The van der Waals surface area contributed by atoms with Crippen molar-refractivity contribution in [2.75, 3.05) is 19.7 Å². The van der Waals surface area contributed by atoms with E-state index in [4.69, 9.17) is 11.6 Å². The van der Waals surface area contributed by atoms with E-state index in [1.54, 1.807) is 12.4 Å². The minimum Gasteiger partial charge on any atom is -0.396 e. The van der Waals surface area contributed by atoms with E-state index in [9.17, 15) is 9.90 Å². The molecule has 25 heavy (non-hydrogen) atoms. The number of aliphatic hydroxyl groups excluding tert-OH is 1. The molecule has 4 heterocycles. The fourth-order valence-electron chi connectivity index (χ4n) is 3.43. The van der Waals surface area contributed by atoms with Crippen LogP contribution in [0.3, 0.4) is 0 Å². The monoisotopic (exact) mass is 360 g/mol. The van der Waals surface area contributed by atoms with Crippen molar-refractivity contribution in [2.24, 2.45) is 5.92 Å². The summed E-state index contributed by atoms with van der Waals surface area (Å²) in [6.07, 6.45) is 6.93. The van der Waals surface area contributed by atoms with Crippen LogP contribution in [0.15, 0.2) is 30.7 Å². The summed E-state index contributed by atoms with van der Waals surface area (Å²) in [6, 6.07) is 3.77. The predicted molar refractivity (Wildman–Crippen MR) is 98.7 cm³/mol. The molecule has 4 rings (SSSR count). The average molecular weight is 361 g/mol. The zero-order valence-electron chi connectivity index (χ0n) is 13.6. The van der Waals surface area contributed by atoms with Crippen LogP contribution in [0, 0.1) is 5.92 Å². The van der Waals surface area contributed by atoms with Gasteiger partial charge in [-0.2, -0.15) is 0 Å². The smallest absolute Gasteiger partial charge is 0.270 e. The Labute approximate surface area is 151 Å². The number of aromatic nitrogens is 3. The minimum atomic E-state index is -0.0156. The first-order valence-corrected chi connectivity index (χ1v) is 8.75. The number of rotatable bonds is 3. The number of carbonyl (C=O) groups is 1. The van der Waals surface area contributed by atoms with Gasteiger partial charge in [0, 0.05) is 56.2 Å². The Kier molecular flexibility index (Phi) is 4.23. The molecule has 0 aliphatic carbocycles. The summed E-state index contributed by atoms with van der Waals surface area (Å²) in [4.78, 5) is 25.0. The molecule has 0 saturated carbocycles. The molecule has 3 N–H and O–H groups in total. The summed E-state index contributed by atoms with van der Waals surface area (Å²) in [5.41, 5.74) is 3.04. The number of aliphatic hydroxyl groups is 1. The first-order chi connectivity index (χ1) is 12.2. The summed E-state index contributed by atoms with van der Waals surface area (Å²) in [7, 11) is 0. The topological polar surface area (TPSA) is 85.0 Å². The molecule has 132 valence electrons. The Bertz CT molecular complexity index is 915. The first kappa shape index (κ1) is 16.2. The van der Waals surface area contributed by atoms with Crippen LogP contribution in [0.4, 0.5) is 0 Å². The SMILES string of the molecule is O=C(c1cc(-c2c(Cl)cnc3[nH]ccc23)c[nH]1)N1CCC(CO)CC1.[HH]. The Morgan fingerprint density at radius 1 is 1.40 bits per heavy atom. The van der Waals surface area contributed by atoms with Crippen molar-refractivity contribution < 1.29 is 11.3 Å². The Morgan fingerprint density at radius 2 is 2.20 bits per heavy atom. The fraction of sp³-hybridized carbons (Fsp3) is 0.333. The molecule has 1 aliphatic heterocycles. The van der Waals surface area contributed by atoms with Gasteiger partial charge in [0.05, 0.1) is 5.02 Å². The second-order valence-electron chi connectivity index (χ2n) is 6.44. The highest BCUT2D eigenvalue weighted by atomic mass is 35.5. The van der Waals surface area contributed by atoms with Crippen LogP contribution >= 0.6 is 11.6 Å². The van der Waals surface area contributed by atoms with E-state index < -0.39 is 0 Å². The maximum Gasteiger partial charge on any atom is 0.270 e. The third-order valence-electron chi connectivity index (χ3n) is 4.90. The average Bonchev–Trinajstić information content (AvgIpc) is 3.30. The van der Waals surface area contributed by atoms with Crippen molar-refractivity contribution >= 4 is 28.5 Å². The van der Waals surface area contributed by atoms with E-state index in [2.05, 4.69) is 15.0 Å². The number of halogens is 1. The van der Waals surface area contributed by atoms with Gasteiger partial charge >= 0.3 is 0 Å². The van der Waals surface area contributed by atoms with Crippen molar-refractivity contribution in [3.8, 4) is 11.1 Å². The van der Waals surface area contributed by atoms with Crippen molar-refractivity contribution in [3.05, 3.63) is 41.4 Å². The molecule has 0 atom stereocenters. The van der Waals surface area contributed by atoms with Gasteiger partial charge in [0.1, 0.15) is 11.3 Å². The van der Waals surface area contributed by atoms with Gasteiger partial charge in [-0.05, 0) is 30.9 Å². The molecule has 6 nitrogen and oxygen atoms in total. The highest BCUT2D eigenvalue weighted by Gasteiger charge is 2.24. The molecule has 7 heteroatoms. The van der Waals surface area contributed by atoms with Gasteiger partial charge in [0.25, 0.3) is 5.91 Å². The quantitative estimate of drug-likeness (QED) is 0.670. The van der Waals surface area contributed by atoms with E-state index in [-0.39, 0.29) is 13.9 Å². The number of hydrogen-bond donors (Lipinski definition) is 3. The van der Waals surface area contributed by atoms with Crippen molar-refractivity contribution in [2.45, 2.75) is 12.8 Å². The summed E-state index contributed by atoms with van der Waals surface area (Å²) in [5.74, 6) is 0.291. The van der Waals surface area contributed by atoms with Crippen LogP contribution in [-0.2, 0) is 0 Å². The van der Waals surface area contributed by atoms with Crippen molar-refractivity contribution in [3.63, 3.8) is 0 Å². The number of likely N-dealkylation sites (tertiary alicyclic amines) is 1. The van der Waals surface area contributed by atoms with Gasteiger partial charge in [0.15, 0.2) is 0 Å². The number of pyridine rings is 1. The molecule has 0 aromatic carbocycles. The molecule has 3 aromatic heterocycles. The number of nitrogens with zero attached hydrogens (tertiary/aromatic N) is 2. The van der Waals surface area contributed by atoms with Crippen LogP contribution in [0.25, 0.3) is 22.2 Å². The fourth-order valence-corrected chi connectivity index (χ4v) is 3.69. The van der Waals surface area contributed by atoms with E-state index in [1.165, 1.54) is 0 Å². The lowest BCUT2D eigenvalue weighted by Gasteiger charge is -2.30. The number of aromatic amines is 2. The number of fused-ring (bicyclic) bond motifs is 1. The maximum absolute atomic E-state index is 12.7. The molecule has 1 aliphatic rings.